The van der Waals surface area contributed by atoms with Crippen molar-refractivity contribution < 1.29 is 13.9 Å². The number of allylic oxidation sites excluding steroid dienone is 1. The third-order valence-corrected chi connectivity index (χ3v) is 6.86. The van der Waals surface area contributed by atoms with E-state index in [2.05, 4.69) is 47.4 Å². The van der Waals surface area contributed by atoms with E-state index < -0.39 is 0 Å². The van der Waals surface area contributed by atoms with E-state index in [1.54, 1.807) is 0 Å². The molecule has 0 amide bonds. The van der Waals surface area contributed by atoms with Crippen LogP contribution >= 0.6 is 0 Å². The maximum absolute atomic E-state index is 12.8. The van der Waals surface area contributed by atoms with Crippen LogP contribution in [0, 0.1) is 5.92 Å². The minimum Gasteiger partial charge on any atom is -0.465 e. The Morgan fingerprint density at radius 2 is 2.20 bits per heavy atom. The maximum Gasteiger partial charge on any atom is 0.310 e. The second kappa shape index (κ2) is 9.34. The molecule has 0 spiro atoms. The second-order valence-corrected chi connectivity index (χ2v) is 8.65. The van der Waals surface area contributed by atoms with Crippen LogP contribution in [0.15, 0.2) is 37.1 Å². The summed E-state index contributed by atoms with van der Waals surface area (Å²) in [6, 6.07) is 7.02. The van der Waals surface area contributed by atoms with Crippen LogP contribution in [0.1, 0.15) is 49.7 Å². The summed E-state index contributed by atoms with van der Waals surface area (Å²) in [5.74, 6) is 0.160. The number of piperidine rings is 1. The highest BCUT2D eigenvalue weighted by molar-refractivity contribution is 5.89. The van der Waals surface area contributed by atoms with E-state index in [4.69, 9.17) is 4.74 Å². The standard InChI is InChI=1S/C25H33FN2O2/c1-3-12-28-16-18-15-23-21(20-9-8-10-22(28)24(18)20)14-19(17-27(23)4-2)25(29)30-13-7-5-6-11-26/h3,8-10,16,19,21,23H,1,4-7,11-15,17H2,2H3/t19-,21-,23-/m1/s1. The van der Waals surface area contributed by atoms with E-state index >= 15 is 0 Å². The molecule has 5 heteroatoms. The van der Waals surface area contributed by atoms with Crippen molar-refractivity contribution in [2.24, 2.45) is 5.92 Å². The van der Waals surface area contributed by atoms with Crippen molar-refractivity contribution >= 4 is 16.9 Å². The zero-order chi connectivity index (χ0) is 21.1. The van der Waals surface area contributed by atoms with E-state index in [-0.39, 0.29) is 18.6 Å². The fraction of sp³-hybridized carbons (Fsp3) is 0.560. The average Bonchev–Trinajstić information content (AvgIpc) is 3.12. The lowest BCUT2D eigenvalue weighted by Gasteiger charge is -2.46. The molecule has 1 aliphatic carbocycles. The van der Waals surface area contributed by atoms with E-state index in [1.807, 2.05) is 6.08 Å². The monoisotopic (exact) mass is 412 g/mol. The van der Waals surface area contributed by atoms with Crippen LogP contribution in [-0.4, -0.2) is 47.8 Å². The number of likely N-dealkylation sites (N-methyl/N-ethyl adjacent to an activating group) is 1. The molecule has 162 valence electrons. The maximum atomic E-state index is 12.8. The molecule has 1 aromatic carbocycles. The number of hydrogen-bond donors (Lipinski definition) is 0. The van der Waals surface area contributed by atoms with Crippen molar-refractivity contribution in [3.05, 3.63) is 48.2 Å². The van der Waals surface area contributed by atoms with Gasteiger partial charge in [-0.15, -0.1) is 6.58 Å². The van der Waals surface area contributed by atoms with E-state index in [9.17, 15) is 9.18 Å². The Morgan fingerprint density at radius 3 is 2.97 bits per heavy atom. The molecular weight excluding hydrogens is 379 g/mol. The minimum absolute atomic E-state index is 0.0886. The van der Waals surface area contributed by atoms with Crippen molar-refractivity contribution in [1.82, 2.24) is 9.47 Å². The average molecular weight is 413 g/mol. The molecule has 2 aromatic rings. The first-order valence-electron chi connectivity index (χ1n) is 11.4. The zero-order valence-corrected chi connectivity index (χ0v) is 18.0. The molecule has 0 radical (unpaired) electrons. The number of rotatable bonds is 9. The van der Waals surface area contributed by atoms with Gasteiger partial charge in [0, 0.05) is 42.1 Å². The van der Waals surface area contributed by atoms with Crippen molar-refractivity contribution in [2.45, 2.75) is 57.5 Å². The van der Waals surface area contributed by atoms with Gasteiger partial charge in [0.05, 0.1) is 19.2 Å². The summed E-state index contributed by atoms with van der Waals surface area (Å²) in [7, 11) is 0. The van der Waals surface area contributed by atoms with Gasteiger partial charge in [-0.3, -0.25) is 14.1 Å². The molecule has 4 nitrogen and oxygen atoms in total. The van der Waals surface area contributed by atoms with Crippen molar-refractivity contribution in [3.8, 4) is 0 Å². The number of ether oxygens (including phenoxy) is 1. The van der Waals surface area contributed by atoms with Gasteiger partial charge in [-0.2, -0.15) is 0 Å². The highest BCUT2D eigenvalue weighted by Gasteiger charge is 2.42. The first-order chi connectivity index (χ1) is 14.7. The first-order valence-corrected chi connectivity index (χ1v) is 11.4. The number of carbonyl (C=O) groups excluding carboxylic acids is 1. The Labute approximate surface area is 178 Å². The molecular formula is C25H33FN2O2. The molecule has 1 saturated heterocycles. The molecule has 0 N–H and O–H groups in total. The van der Waals surface area contributed by atoms with Crippen LogP contribution in [0.4, 0.5) is 4.39 Å². The van der Waals surface area contributed by atoms with Gasteiger partial charge in [-0.1, -0.05) is 25.1 Å². The number of likely N-dealkylation sites (tertiary alicyclic amines) is 1. The van der Waals surface area contributed by atoms with Crippen LogP contribution < -0.4 is 0 Å². The summed E-state index contributed by atoms with van der Waals surface area (Å²) in [4.78, 5) is 15.3. The van der Waals surface area contributed by atoms with Crippen LogP contribution in [0.25, 0.3) is 10.9 Å². The fourth-order valence-corrected chi connectivity index (χ4v) is 5.46. The number of fused-ring (bicyclic) bond motifs is 2. The lowest BCUT2D eigenvalue weighted by molar-refractivity contribution is -0.151. The Morgan fingerprint density at radius 1 is 1.33 bits per heavy atom. The van der Waals surface area contributed by atoms with E-state index in [1.165, 1.54) is 22.0 Å². The second-order valence-electron chi connectivity index (χ2n) is 8.65. The van der Waals surface area contributed by atoms with E-state index in [0.29, 0.717) is 25.0 Å². The van der Waals surface area contributed by atoms with Crippen molar-refractivity contribution in [2.75, 3.05) is 26.4 Å². The highest BCUT2D eigenvalue weighted by Crippen LogP contribution is 2.45. The number of carbonyl (C=O) groups is 1. The Balaban J connectivity index is 1.56. The Hall–Kier alpha value is -2.14. The molecule has 1 aromatic heterocycles. The normalized spacial score (nSPS) is 23.3. The molecule has 0 bridgehead atoms. The SMILES string of the molecule is C=CCn1cc2c3c(cccc31)[C@H]1C[C@@H](C(=O)OCCCCCF)CN(CC)[C@@H]1C2. The Kier molecular flexibility index (Phi) is 6.57. The van der Waals surface area contributed by atoms with Gasteiger partial charge >= 0.3 is 5.97 Å². The third-order valence-electron chi connectivity index (χ3n) is 6.86. The molecule has 30 heavy (non-hydrogen) atoms. The fourth-order valence-electron chi connectivity index (χ4n) is 5.46. The zero-order valence-electron chi connectivity index (χ0n) is 18.0. The predicted molar refractivity (Wildman–Crippen MR) is 119 cm³/mol. The highest BCUT2D eigenvalue weighted by atomic mass is 19.1. The first kappa shape index (κ1) is 21.1. The topological polar surface area (TPSA) is 34.5 Å². The molecule has 2 aliphatic rings. The number of aromatic nitrogens is 1. The third kappa shape index (κ3) is 3.92. The molecule has 1 aliphatic heterocycles. The number of benzene rings is 1. The molecule has 4 rings (SSSR count). The molecule has 2 heterocycles. The van der Waals surface area contributed by atoms with Crippen LogP contribution in [0.3, 0.4) is 0 Å². The molecule has 0 unspecified atom stereocenters. The van der Waals surface area contributed by atoms with Gasteiger partial charge in [-0.25, -0.2) is 0 Å². The van der Waals surface area contributed by atoms with Gasteiger partial charge in [0.15, 0.2) is 0 Å². The van der Waals surface area contributed by atoms with Crippen LogP contribution in [0.5, 0.6) is 0 Å². The van der Waals surface area contributed by atoms with Crippen LogP contribution in [-0.2, 0) is 22.5 Å². The summed E-state index contributed by atoms with van der Waals surface area (Å²) in [5.41, 5.74) is 4.05. The van der Waals surface area contributed by atoms with E-state index in [0.717, 1.165) is 45.3 Å². The van der Waals surface area contributed by atoms with Crippen molar-refractivity contribution in [1.29, 1.82) is 0 Å². The molecule has 0 saturated carbocycles. The van der Waals surface area contributed by atoms with Gasteiger partial charge in [0.1, 0.15) is 0 Å². The Bertz CT molecular complexity index is 906. The number of esters is 1. The number of nitrogens with zero attached hydrogens (tertiary/aromatic N) is 2. The largest absolute Gasteiger partial charge is 0.465 e. The summed E-state index contributed by atoms with van der Waals surface area (Å²) >= 11 is 0. The molecule has 1 fully saturated rings. The van der Waals surface area contributed by atoms with Gasteiger partial charge in [0.25, 0.3) is 0 Å². The summed E-state index contributed by atoms with van der Waals surface area (Å²) in [5, 5.41) is 1.37. The number of alkyl halides is 1. The molecule has 3 atom stereocenters. The smallest absolute Gasteiger partial charge is 0.310 e. The van der Waals surface area contributed by atoms with Gasteiger partial charge in [-0.05, 0) is 55.8 Å². The summed E-state index contributed by atoms with van der Waals surface area (Å²) < 4.78 is 20.1. The predicted octanol–water partition coefficient (Wildman–Crippen LogP) is 4.86. The van der Waals surface area contributed by atoms with Gasteiger partial charge < -0.3 is 9.30 Å². The lowest BCUT2D eigenvalue weighted by atomic mass is 9.72. The lowest BCUT2D eigenvalue weighted by Crippen LogP contribution is -2.51. The van der Waals surface area contributed by atoms with Crippen molar-refractivity contribution in [3.63, 3.8) is 0 Å². The summed E-state index contributed by atoms with van der Waals surface area (Å²) in [6.07, 6.45) is 8.16. The number of unbranched alkanes of at least 4 members (excludes halogenated alkanes) is 2. The number of halogens is 1. The van der Waals surface area contributed by atoms with Gasteiger partial charge in [0.2, 0.25) is 0 Å². The number of hydrogen-bond acceptors (Lipinski definition) is 3. The minimum atomic E-state index is -0.298. The van der Waals surface area contributed by atoms with Crippen LogP contribution in [0.2, 0.25) is 0 Å². The summed E-state index contributed by atoms with van der Waals surface area (Å²) in [6.45, 7) is 8.69. The quantitative estimate of drug-likeness (QED) is 0.335.